The summed E-state index contributed by atoms with van der Waals surface area (Å²) in [5, 5.41) is 15.1. The van der Waals surface area contributed by atoms with E-state index in [9.17, 15) is 0 Å². The molecule has 4 heterocycles. The van der Waals surface area contributed by atoms with Gasteiger partial charge in [-0.2, -0.15) is 5.10 Å². The van der Waals surface area contributed by atoms with Gasteiger partial charge < -0.3 is 20.3 Å². The fourth-order valence-electron chi connectivity index (χ4n) is 4.24. The standard InChI is InChI=1S/C21H31N7O/c1-15(2)21-17(5-4-12-29-21)26-19-13-20(23-14-22-19)28-10-7-16(8-11-28)25-18-6-3-9-24-27-18/h3,6,9,13-17,21H,4-5,7-8,10-12H2,1-2H3,(H,25,27)(H,22,23,26)/t17-,21-/m1/s1. The maximum absolute atomic E-state index is 6.00. The number of hydrogen-bond donors (Lipinski definition) is 2. The average molecular weight is 398 g/mol. The maximum atomic E-state index is 6.00. The van der Waals surface area contributed by atoms with Gasteiger partial charge in [0.25, 0.3) is 0 Å². The van der Waals surface area contributed by atoms with Crippen LogP contribution in [0.5, 0.6) is 0 Å². The molecule has 29 heavy (non-hydrogen) atoms. The lowest BCUT2D eigenvalue weighted by molar-refractivity contribution is -0.0203. The zero-order valence-corrected chi connectivity index (χ0v) is 17.3. The average Bonchev–Trinajstić information content (AvgIpc) is 2.75. The minimum absolute atomic E-state index is 0.227. The molecule has 8 nitrogen and oxygen atoms in total. The normalized spacial score (nSPS) is 23.2. The van der Waals surface area contributed by atoms with Crippen molar-refractivity contribution in [3.63, 3.8) is 0 Å². The number of aromatic nitrogens is 4. The molecule has 156 valence electrons. The molecule has 2 atom stereocenters. The van der Waals surface area contributed by atoms with Gasteiger partial charge in [0.05, 0.1) is 12.1 Å². The van der Waals surface area contributed by atoms with E-state index in [-0.39, 0.29) is 6.10 Å². The molecular weight excluding hydrogens is 366 g/mol. The van der Waals surface area contributed by atoms with Gasteiger partial charge in [-0.3, -0.25) is 0 Å². The molecule has 2 N–H and O–H groups in total. The van der Waals surface area contributed by atoms with E-state index in [0.29, 0.717) is 18.0 Å². The fraction of sp³-hybridized carbons (Fsp3) is 0.619. The summed E-state index contributed by atoms with van der Waals surface area (Å²) in [4.78, 5) is 11.3. The van der Waals surface area contributed by atoms with E-state index >= 15 is 0 Å². The van der Waals surface area contributed by atoms with Crippen LogP contribution in [0, 0.1) is 5.92 Å². The molecule has 0 saturated carbocycles. The lowest BCUT2D eigenvalue weighted by Crippen LogP contribution is -2.43. The second-order valence-electron chi connectivity index (χ2n) is 8.25. The second-order valence-corrected chi connectivity index (χ2v) is 8.25. The molecule has 0 amide bonds. The van der Waals surface area contributed by atoms with Crippen LogP contribution < -0.4 is 15.5 Å². The van der Waals surface area contributed by atoms with Gasteiger partial charge in [0.1, 0.15) is 23.8 Å². The quantitative estimate of drug-likeness (QED) is 0.769. The summed E-state index contributed by atoms with van der Waals surface area (Å²) < 4.78 is 6.00. The Morgan fingerprint density at radius 3 is 2.72 bits per heavy atom. The number of piperidine rings is 1. The Labute approximate surface area is 172 Å². The smallest absolute Gasteiger partial charge is 0.148 e. The molecule has 0 unspecified atom stereocenters. The van der Waals surface area contributed by atoms with Gasteiger partial charge in [-0.1, -0.05) is 13.8 Å². The third kappa shape index (κ3) is 5.12. The first kappa shape index (κ1) is 19.8. The van der Waals surface area contributed by atoms with Crippen LogP contribution in [0.2, 0.25) is 0 Å². The molecule has 2 saturated heterocycles. The molecule has 8 heteroatoms. The molecule has 2 aliphatic rings. The summed E-state index contributed by atoms with van der Waals surface area (Å²) in [6.45, 7) is 7.20. The Morgan fingerprint density at radius 1 is 1.10 bits per heavy atom. The first-order valence-electron chi connectivity index (χ1n) is 10.7. The molecule has 0 radical (unpaired) electrons. The molecular formula is C21H31N7O. The van der Waals surface area contributed by atoms with E-state index in [1.807, 2.05) is 12.1 Å². The van der Waals surface area contributed by atoms with Crippen LogP contribution in [0.1, 0.15) is 39.5 Å². The van der Waals surface area contributed by atoms with Gasteiger partial charge in [0.2, 0.25) is 0 Å². The van der Waals surface area contributed by atoms with Crippen molar-refractivity contribution >= 4 is 17.5 Å². The van der Waals surface area contributed by atoms with Crippen LogP contribution in [-0.2, 0) is 4.74 Å². The highest BCUT2D eigenvalue weighted by atomic mass is 16.5. The summed E-state index contributed by atoms with van der Waals surface area (Å²) in [6, 6.07) is 6.65. The molecule has 2 aromatic heterocycles. The van der Waals surface area contributed by atoms with Gasteiger partial charge in [-0.15, -0.1) is 5.10 Å². The van der Waals surface area contributed by atoms with Gasteiger partial charge in [0.15, 0.2) is 0 Å². The number of nitrogens with zero attached hydrogens (tertiary/aromatic N) is 5. The monoisotopic (exact) mass is 397 g/mol. The molecule has 4 rings (SSSR count). The third-order valence-corrected chi connectivity index (χ3v) is 5.75. The van der Waals surface area contributed by atoms with Crippen molar-refractivity contribution in [1.29, 1.82) is 0 Å². The third-order valence-electron chi connectivity index (χ3n) is 5.75. The number of ether oxygens (including phenoxy) is 1. The minimum atomic E-state index is 0.227. The van der Waals surface area contributed by atoms with Crippen LogP contribution in [0.4, 0.5) is 17.5 Å². The van der Waals surface area contributed by atoms with E-state index in [1.54, 1.807) is 12.5 Å². The fourth-order valence-corrected chi connectivity index (χ4v) is 4.24. The number of rotatable bonds is 6. The van der Waals surface area contributed by atoms with E-state index in [4.69, 9.17) is 4.74 Å². The van der Waals surface area contributed by atoms with Crippen molar-refractivity contribution in [3.05, 3.63) is 30.7 Å². The first-order chi connectivity index (χ1) is 14.2. The van der Waals surface area contributed by atoms with Crippen LogP contribution in [0.25, 0.3) is 0 Å². The molecule has 2 aliphatic heterocycles. The van der Waals surface area contributed by atoms with Crippen molar-refractivity contribution in [2.75, 3.05) is 35.2 Å². The topological polar surface area (TPSA) is 88.1 Å². The summed E-state index contributed by atoms with van der Waals surface area (Å²) in [6.07, 6.45) is 7.86. The Morgan fingerprint density at radius 2 is 1.97 bits per heavy atom. The SMILES string of the molecule is CC(C)[C@H]1OCCC[C@H]1Nc1cc(N2CCC(Nc3cccnn3)CC2)ncn1. The van der Waals surface area contributed by atoms with Crippen LogP contribution in [-0.4, -0.2) is 58.0 Å². The first-order valence-corrected chi connectivity index (χ1v) is 10.7. The molecule has 0 spiro atoms. The van der Waals surface area contributed by atoms with Crippen molar-refractivity contribution in [3.8, 4) is 0 Å². The molecule has 2 fully saturated rings. The summed E-state index contributed by atoms with van der Waals surface area (Å²) in [5.74, 6) is 3.19. The minimum Gasteiger partial charge on any atom is -0.376 e. The van der Waals surface area contributed by atoms with E-state index in [0.717, 1.165) is 62.8 Å². The van der Waals surface area contributed by atoms with Crippen molar-refractivity contribution < 1.29 is 4.74 Å². The summed E-state index contributed by atoms with van der Waals surface area (Å²) in [5.41, 5.74) is 0. The van der Waals surface area contributed by atoms with Gasteiger partial charge in [0, 0.05) is 38.0 Å². The number of nitrogens with one attached hydrogen (secondary N) is 2. The van der Waals surface area contributed by atoms with Gasteiger partial charge in [-0.25, -0.2) is 9.97 Å². The number of anilines is 3. The van der Waals surface area contributed by atoms with Gasteiger partial charge in [-0.05, 0) is 43.7 Å². The maximum Gasteiger partial charge on any atom is 0.148 e. The van der Waals surface area contributed by atoms with Crippen LogP contribution >= 0.6 is 0 Å². The van der Waals surface area contributed by atoms with E-state index in [2.05, 4.69) is 55.6 Å². The molecule has 0 bridgehead atoms. The Hall–Kier alpha value is -2.48. The van der Waals surface area contributed by atoms with E-state index in [1.165, 1.54) is 0 Å². The zero-order valence-electron chi connectivity index (χ0n) is 17.3. The Bertz CT molecular complexity index is 765. The predicted molar refractivity (Wildman–Crippen MR) is 114 cm³/mol. The lowest BCUT2D eigenvalue weighted by Gasteiger charge is -2.35. The second kappa shape index (κ2) is 9.35. The summed E-state index contributed by atoms with van der Waals surface area (Å²) >= 11 is 0. The van der Waals surface area contributed by atoms with Crippen molar-refractivity contribution in [1.82, 2.24) is 20.2 Å². The molecule has 0 aromatic carbocycles. The zero-order chi connectivity index (χ0) is 20.1. The van der Waals surface area contributed by atoms with E-state index < -0.39 is 0 Å². The molecule has 0 aliphatic carbocycles. The van der Waals surface area contributed by atoms with Gasteiger partial charge >= 0.3 is 0 Å². The van der Waals surface area contributed by atoms with Crippen LogP contribution in [0.3, 0.4) is 0 Å². The van der Waals surface area contributed by atoms with Crippen LogP contribution in [0.15, 0.2) is 30.7 Å². The highest BCUT2D eigenvalue weighted by Gasteiger charge is 2.29. The van der Waals surface area contributed by atoms with Crippen molar-refractivity contribution in [2.24, 2.45) is 5.92 Å². The lowest BCUT2D eigenvalue weighted by atomic mass is 9.93. The highest BCUT2D eigenvalue weighted by Crippen LogP contribution is 2.25. The van der Waals surface area contributed by atoms with Crippen molar-refractivity contribution in [2.45, 2.75) is 57.7 Å². The predicted octanol–water partition coefficient (Wildman–Crippen LogP) is 2.96. The highest BCUT2D eigenvalue weighted by molar-refractivity contribution is 5.49. The summed E-state index contributed by atoms with van der Waals surface area (Å²) in [7, 11) is 0. The number of hydrogen-bond acceptors (Lipinski definition) is 8. The largest absolute Gasteiger partial charge is 0.376 e. The molecule has 2 aromatic rings. The Balaban J connectivity index is 1.34. The Kier molecular flexibility index (Phi) is 6.39.